The van der Waals surface area contributed by atoms with E-state index in [1.165, 1.54) is 84.0 Å². The van der Waals surface area contributed by atoms with Gasteiger partial charge in [0.25, 0.3) is 0 Å². The first kappa shape index (κ1) is 16.7. The van der Waals surface area contributed by atoms with E-state index < -0.39 is 0 Å². The predicted molar refractivity (Wildman–Crippen MR) is 120 cm³/mol. The number of nitrogens with zero attached hydrogens (tertiary/aromatic N) is 2. The van der Waals surface area contributed by atoms with E-state index in [1.54, 1.807) is 60.8 Å². The van der Waals surface area contributed by atoms with Crippen LogP contribution in [-0.2, 0) is 32.1 Å². The summed E-state index contributed by atoms with van der Waals surface area (Å²) in [6.45, 7) is 7.50. The Balaban J connectivity index is 1.56. The lowest BCUT2D eigenvalue weighted by molar-refractivity contribution is 0.478. The van der Waals surface area contributed by atoms with Gasteiger partial charge in [-0.05, 0) is 103 Å². The van der Waals surface area contributed by atoms with E-state index in [2.05, 4.69) is 28.5 Å². The first-order valence-electron chi connectivity index (χ1n) is 12.0. The van der Waals surface area contributed by atoms with E-state index in [9.17, 15) is 0 Å². The lowest BCUT2D eigenvalue weighted by Gasteiger charge is -2.39. The van der Waals surface area contributed by atoms with Crippen LogP contribution in [0.25, 0.3) is 5.57 Å². The van der Waals surface area contributed by atoms with Crippen molar-refractivity contribution in [1.29, 1.82) is 0 Å². The zero-order valence-electron chi connectivity index (χ0n) is 17.7. The maximum absolute atomic E-state index is 2.71. The number of benzene rings is 2. The molecule has 0 spiro atoms. The maximum Gasteiger partial charge on any atom is 0.206 e. The zero-order valence-corrected chi connectivity index (χ0v) is 17.7. The molecule has 0 aromatic heterocycles. The molecule has 0 saturated carbocycles. The highest BCUT2D eigenvalue weighted by molar-refractivity contribution is 5.79. The summed E-state index contributed by atoms with van der Waals surface area (Å²) in [6.07, 6.45) is 11.6. The quantitative estimate of drug-likeness (QED) is 0.634. The monoisotopic (exact) mass is 383 g/mol. The highest BCUT2D eigenvalue weighted by Gasteiger charge is 2.32. The van der Waals surface area contributed by atoms with E-state index in [0.717, 1.165) is 0 Å². The first-order chi connectivity index (χ1) is 14.3. The van der Waals surface area contributed by atoms with Crippen LogP contribution in [0.1, 0.15) is 71.6 Å². The third-order valence-electron chi connectivity index (χ3n) is 8.45. The standard InChI is InChI=1S/C27H31N2/c1-17-22-14-18-6-2-10-28-12-4-8-20(26(18)28)24(22)16-25-21-9-5-13-29-11-3-7-19(27(21)29)15-23(17)25/h14-15H,2-13,16H2,1H3/q+1. The lowest BCUT2D eigenvalue weighted by Crippen LogP contribution is -2.46. The Hall–Kier alpha value is -2.09. The van der Waals surface area contributed by atoms with Crippen LogP contribution in [0.5, 0.6) is 0 Å². The van der Waals surface area contributed by atoms with Gasteiger partial charge in [-0.25, -0.2) is 4.58 Å². The summed E-state index contributed by atoms with van der Waals surface area (Å²) in [5.74, 6) is 0. The van der Waals surface area contributed by atoms with E-state index in [4.69, 9.17) is 0 Å². The molecule has 0 unspecified atom stereocenters. The SMILES string of the molecule is CC1=c2cc3c4c(c2Cc2c1cc1c5c2CCCN5CCC1)CCC[N+]=4CCC3. The molecule has 0 bridgehead atoms. The van der Waals surface area contributed by atoms with Gasteiger partial charge in [-0.1, -0.05) is 0 Å². The van der Waals surface area contributed by atoms with Crippen LogP contribution < -0.4 is 20.1 Å². The molecule has 2 heteroatoms. The molecule has 2 aromatic rings. The van der Waals surface area contributed by atoms with Gasteiger partial charge in [0.05, 0.1) is 0 Å². The molecule has 4 aliphatic heterocycles. The third-order valence-corrected chi connectivity index (χ3v) is 8.45. The summed E-state index contributed by atoms with van der Waals surface area (Å²) < 4.78 is 2.71. The molecule has 7 rings (SSSR count). The summed E-state index contributed by atoms with van der Waals surface area (Å²) in [4.78, 5) is 2.71. The van der Waals surface area contributed by atoms with Crippen LogP contribution in [-0.4, -0.2) is 26.2 Å². The molecule has 1 aliphatic carbocycles. The van der Waals surface area contributed by atoms with Crippen molar-refractivity contribution in [2.24, 2.45) is 0 Å². The van der Waals surface area contributed by atoms with Crippen molar-refractivity contribution in [1.82, 2.24) is 4.58 Å². The van der Waals surface area contributed by atoms with Gasteiger partial charge in [-0.15, -0.1) is 0 Å². The summed E-state index contributed by atoms with van der Waals surface area (Å²) in [6, 6.07) is 5.20. The van der Waals surface area contributed by atoms with Gasteiger partial charge < -0.3 is 4.90 Å². The fraction of sp³-hybridized carbons (Fsp3) is 0.519. The number of fused-ring (bicyclic) bond motifs is 4. The van der Waals surface area contributed by atoms with Crippen LogP contribution in [0.15, 0.2) is 12.1 Å². The Morgan fingerprint density at radius 3 is 2.41 bits per heavy atom. The van der Waals surface area contributed by atoms with Gasteiger partial charge in [-0.2, -0.15) is 0 Å². The van der Waals surface area contributed by atoms with Crippen molar-refractivity contribution >= 4 is 11.3 Å². The van der Waals surface area contributed by atoms with E-state index in [-0.39, 0.29) is 0 Å². The van der Waals surface area contributed by atoms with Crippen molar-refractivity contribution in [3.63, 3.8) is 0 Å². The molecule has 0 saturated heterocycles. The number of hydrogen-bond donors (Lipinski definition) is 0. The second kappa shape index (κ2) is 5.97. The molecule has 2 aromatic carbocycles. The number of anilines is 1. The predicted octanol–water partition coefficient (Wildman–Crippen LogP) is 2.89. The third kappa shape index (κ3) is 2.21. The molecular weight excluding hydrogens is 352 g/mol. The van der Waals surface area contributed by atoms with Gasteiger partial charge in [0, 0.05) is 42.7 Å². The summed E-state index contributed by atoms with van der Waals surface area (Å²) >= 11 is 0. The van der Waals surface area contributed by atoms with Crippen molar-refractivity contribution in [3.05, 3.63) is 61.7 Å². The molecule has 2 nitrogen and oxygen atoms in total. The Morgan fingerprint density at radius 1 is 0.759 bits per heavy atom. The summed E-state index contributed by atoms with van der Waals surface area (Å²) in [7, 11) is 0. The fourth-order valence-corrected chi connectivity index (χ4v) is 7.25. The minimum atomic E-state index is 1.18. The van der Waals surface area contributed by atoms with Crippen molar-refractivity contribution in [2.75, 3.05) is 31.1 Å². The van der Waals surface area contributed by atoms with Crippen LogP contribution in [0.3, 0.4) is 0 Å². The van der Waals surface area contributed by atoms with Gasteiger partial charge >= 0.3 is 0 Å². The second-order valence-corrected chi connectivity index (χ2v) is 9.97. The summed E-state index contributed by atoms with van der Waals surface area (Å²) in [5.41, 5.74) is 14.9. The van der Waals surface area contributed by atoms with Crippen molar-refractivity contribution in [2.45, 2.75) is 64.7 Å². The normalized spacial score (nSPS) is 21.3. The van der Waals surface area contributed by atoms with E-state index >= 15 is 0 Å². The van der Waals surface area contributed by atoms with Gasteiger partial charge in [0.15, 0.2) is 0 Å². The van der Waals surface area contributed by atoms with Gasteiger partial charge in [0.2, 0.25) is 5.36 Å². The zero-order chi connectivity index (χ0) is 19.1. The minimum Gasteiger partial charge on any atom is -0.371 e. The molecule has 0 radical (unpaired) electrons. The maximum atomic E-state index is 2.71. The molecule has 29 heavy (non-hydrogen) atoms. The topological polar surface area (TPSA) is 6.25 Å². The molecule has 148 valence electrons. The molecule has 0 N–H and O–H groups in total. The number of rotatable bonds is 0. The molecule has 4 heterocycles. The minimum absolute atomic E-state index is 1.18. The lowest BCUT2D eigenvalue weighted by atomic mass is 9.76. The largest absolute Gasteiger partial charge is 0.371 e. The first-order valence-corrected chi connectivity index (χ1v) is 12.0. The Labute approximate surface area is 173 Å². The van der Waals surface area contributed by atoms with Crippen LogP contribution in [0.2, 0.25) is 0 Å². The number of aryl methyl sites for hydroxylation is 2. The average Bonchev–Trinajstić information content (AvgIpc) is 2.76. The average molecular weight is 384 g/mol. The summed E-state index contributed by atoms with van der Waals surface area (Å²) in [5, 5.41) is 3.23. The molecule has 0 fully saturated rings. The van der Waals surface area contributed by atoms with E-state index in [1.807, 2.05) is 0 Å². The van der Waals surface area contributed by atoms with Crippen LogP contribution in [0.4, 0.5) is 5.69 Å². The van der Waals surface area contributed by atoms with Crippen molar-refractivity contribution < 1.29 is 0 Å². The Bertz CT molecular complexity index is 1190. The Kier molecular flexibility index (Phi) is 3.43. The molecule has 5 aliphatic rings. The number of hydrogen-bond acceptors (Lipinski definition) is 1. The molecule has 0 amide bonds. The van der Waals surface area contributed by atoms with Crippen LogP contribution in [0, 0.1) is 0 Å². The highest BCUT2D eigenvalue weighted by atomic mass is 15.1. The van der Waals surface area contributed by atoms with Crippen LogP contribution >= 0.6 is 0 Å². The fourth-order valence-electron chi connectivity index (χ4n) is 7.25. The Morgan fingerprint density at radius 2 is 1.52 bits per heavy atom. The van der Waals surface area contributed by atoms with Gasteiger partial charge in [0.1, 0.15) is 13.1 Å². The van der Waals surface area contributed by atoms with Crippen molar-refractivity contribution in [3.8, 4) is 0 Å². The molecule has 0 atom stereocenters. The smallest absolute Gasteiger partial charge is 0.206 e. The van der Waals surface area contributed by atoms with E-state index in [0.29, 0.717) is 0 Å². The highest BCUT2D eigenvalue weighted by Crippen LogP contribution is 2.42. The second-order valence-electron chi connectivity index (χ2n) is 9.97. The van der Waals surface area contributed by atoms with Gasteiger partial charge in [-0.3, -0.25) is 0 Å². The molecular formula is C27H31N2+.